The van der Waals surface area contributed by atoms with Gasteiger partial charge in [0.15, 0.2) is 11.5 Å². The molecule has 0 unspecified atom stereocenters. The van der Waals surface area contributed by atoms with E-state index < -0.39 is 16.9 Å². The molecule has 0 bridgehead atoms. The van der Waals surface area contributed by atoms with Gasteiger partial charge in [0.25, 0.3) is 11.6 Å². The first-order valence-corrected chi connectivity index (χ1v) is 8.52. The largest absolute Gasteiger partial charge is 0.496 e. The molecule has 0 radical (unpaired) electrons. The molecule has 1 fully saturated rings. The highest BCUT2D eigenvalue weighted by Crippen LogP contribution is 2.39. The summed E-state index contributed by atoms with van der Waals surface area (Å²) < 4.78 is 16.0. The fraction of sp³-hybridized carbons (Fsp3) is 0.158. The highest BCUT2D eigenvalue weighted by Gasteiger charge is 2.34. The zero-order chi connectivity index (χ0) is 20.5. The Kier molecular flexibility index (Phi) is 4.51. The summed E-state index contributed by atoms with van der Waals surface area (Å²) in [6.07, 6.45) is 1.50. The van der Waals surface area contributed by atoms with Crippen molar-refractivity contribution in [2.75, 3.05) is 13.9 Å². The third kappa shape index (κ3) is 3.43. The van der Waals surface area contributed by atoms with E-state index in [-0.39, 0.29) is 24.7 Å². The number of non-ortho nitro benzene ring substituents is 1. The Labute approximate surface area is 164 Å². The van der Waals surface area contributed by atoms with Crippen molar-refractivity contribution in [2.24, 2.45) is 0 Å². The number of amides is 3. The number of hydrogen-bond donors (Lipinski definition) is 1. The number of imide groups is 1. The zero-order valence-electron chi connectivity index (χ0n) is 15.2. The van der Waals surface area contributed by atoms with Crippen molar-refractivity contribution in [3.05, 3.63) is 63.3 Å². The Morgan fingerprint density at radius 2 is 1.90 bits per heavy atom. The maximum absolute atomic E-state index is 12.7. The molecule has 2 aromatic rings. The number of carbonyl (C=O) groups excluding carboxylic acids is 2. The molecule has 2 aromatic carbocycles. The lowest BCUT2D eigenvalue weighted by Crippen LogP contribution is -2.30. The Morgan fingerprint density at radius 3 is 2.55 bits per heavy atom. The molecule has 0 atom stereocenters. The second-order valence-corrected chi connectivity index (χ2v) is 6.25. The lowest BCUT2D eigenvalue weighted by atomic mass is 10.1. The molecule has 2 aliphatic heterocycles. The number of nitrogens with zero attached hydrogens (tertiary/aromatic N) is 2. The smallest absolute Gasteiger partial charge is 0.329 e. The Bertz CT molecular complexity index is 1050. The van der Waals surface area contributed by atoms with Gasteiger partial charge >= 0.3 is 6.03 Å². The molecule has 0 saturated carbocycles. The average Bonchev–Trinajstić information content (AvgIpc) is 3.27. The van der Waals surface area contributed by atoms with Gasteiger partial charge < -0.3 is 19.5 Å². The van der Waals surface area contributed by atoms with Crippen molar-refractivity contribution in [1.82, 2.24) is 10.2 Å². The minimum absolute atomic E-state index is 0.0156. The number of hydrogen-bond acceptors (Lipinski definition) is 7. The topological polar surface area (TPSA) is 120 Å². The number of nitro groups is 1. The van der Waals surface area contributed by atoms with E-state index in [2.05, 4.69) is 5.32 Å². The predicted molar refractivity (Wildman–Crippen MR) is 99.3 cm³/mol. The van der Waals surface area contributed by atoms with Crippen molar-refractivity contribution in [3.63, 3.8) is 0 Å². The van der Waals surface area contributed by atoms with Crippen LogP contribution in [0.3, 0.4) is 0 Å². The van der Waals surface area contributed by atoms with Crippen LogP contribution in [0.4, 0.5) is 10.5 Å². The van der Waals surface area contributed by atoms with Crippen LogP contribution in [0.2, 0.25) is 0 Å². The quantitative estimate of drug-likeness (QED) is 0.356. The molecule has 1 N–H and O–H groups in total. The molecule has 1 saturated heterocycles. The van der Waals surface area contributed by atoms with Gasteiger partial charge in [-0.3, -0.25) is 19.8 Å². The van der Waals surface area contributed by atoms with E-state index in [9.17, 15) is 19.7 Å². The van der Waals surface area contributed by atoms with Crippen molar-refractivity contribution < 1.29 is 28.7 Å². The minimum Gasteiger partial charge on any atom is -0.496 e. The van der Waals surface area contributed by atoms with Gasteiger partial charge in [0.2, 0.25) is 6.79 Å². The minimum atomic E-state index is -0.584. The molecule has 0 spiro atoms. The highest BCUT2D eigenvalue weighted by molar-refractivity contribution is 6.14. The standard InChI is InChI=1S/C19H15N3O7/c1-27-15-8-17-16(28-10-29-17)7-12(15)6-14-18(23)21(19(24)20-14)9-11-2-4-13(5-3-11)22(25)26/h2-8H,9-10H2,1H3,(H,20,24)/b14-6+. The van der Waals surface area contributed by atoms with Crippen LogP contribution < -0.4 is 19.5 Å². The SMILES string of the molecule is COc1cc2c(cc1/C=C1/NC(=O)N(Cc3ccc([N+](=O)[O-])cc3)C1=O)OCO2. The van der Waals surface area contributed by atoms with E-state index in [0.717, 1.165) is 4.90 Å². The van der Waals surface area contributed by atoms with Crippen LogP contribution in [0, 0.1) is 10.1 Å². The number of methoxy groups -OCH3 is 1. The van der Waals surface area contributed by atoms with Crippen LogP contribution in [0.15, 0.2) is 42.1 Å². The number of ether oxygens (including phenoxy) is 3. The van der Waals surface area contributed by atoms with E-state index in [1.54, 1.807) is 12.1 Å². The molecule has 2 heterocycles. The van der Waals surface area contributed by atoms with Crippen LogP contribution in [0.1, 0.15) is 11.1 Å². The fourth-order valence-corrected chi connectivity index (χ4v) is 3.00. The van der Waals surface area contributed by atoms with Crippen LogP contribution in [-0.4, -0.2) is 35.7 Å². The van der Waals surface area contributed by atoms with Gasteiger partial charge in [-0.25, -0.2) is 4.79 Å². The first-order chi connectivity index (χ1) is 14.0. The van der Waals surface area contributed by atoms with Gasteiger partial charge in [-0.15, -0.1) is 0 Å². The third-order valence-corrected chi connectivity index (χ3v) is 4.47. The normalized spacial score (nSPS) is 16.3. The van der Waals surface area contributed by atoms with E-state index in [0.29, 0.717) is 28.4 Å². The summed E-state index contributed by atoms with van der Waals surface area (Å²) in [5.74, 6) is 0.980. The van der Waals surface area contributed by atoms with Gasteiger partial charge in [0, 0.05) is 23.8 Å². The number of rotatable bonds is 5. The molecule has 3 amide bonds. The molecular formula is C19H15N3O7. The Balaban J connectivity index is 1.57. The van der Waals surface area contributed by atoms with Crippen molar-refractivity contribution in [3.8, 4) is 17.2 Å². The summed E-state index contributed by atoms with van der Waals surface area (Å²) in [6, 6.07) is 8.36. The van der Waals surface area contributed by atoms with Crippen LogP contribution >= 0.6 is 0 Å². The summed E-state index contributed by atoms with van der Waals surface area (Å²) in [7, 11) is 1.48. The molecule has 4 rings (SSSR count). The molecule has 10 nitrogen and oxygen atoms in total. The maximum Gasteiger partial charge on any atom is 0.329 e. The molecule has 0 aromatic heterocycles. The molecule has 0 aliphatic carbocycles. The maximum atomic E-state index is 12.7. The first-order valence-electron chi connectivity index (χ1n) is 8.52. The number of carbonyl (C=O) groups is 2. The van der Waals surface area contributed by atoms with E-state index in [1.807, 2.05) is 0 Å². The van der Waals surface area contributed by atoms with Gasteiger partial charge in [0.1, 0.15) is 11.4 Å². The average molecular weight is 397 g/mol. The molecule has 2 aliphatic rings. The van der Waals surface area contributed by atoms with Gasteiger partial charge in [0.05, 0.1) is 18.6 Å². The third-order valence-electron chi connectivity index (χ3n) is 4.47. The number of benzene rings is 2. The van der Waals surface area contributed by atoms with Gasteiger partial charge in [-0.1, -0.05) is 12.1 Å². The number of urea groups is 1. The zero-order valence-corrected chi connectivity index (χ0v) is 15.2. The molecule has 10 heteroatoms. The molecule has 148 valence electrons. The predicted octanol–water partition coefficient (Wildman–Crippen LogP) is 2.42. The van der Waals surface area contributed by atoms with Crippen molar-refractivity contribution >= 4 is 23.7 Å². The van der Waals surface area contributed by atoms with Crippen molar-refractivity contribution in [2.45, 2.75) is 6.54 Å². The van der Waals surface area contributed by atoms with E-state index in [4.69, 9.17) is 14.2 Å². The van der Waals surface area contributed by atoms with E-state index in [1.165, 1.54) is 37.5 Å². The number of nitrogens with one attached hydrogen (secondary N) is 1. The summed E-state index contributed by atoms with van der Waals surface area (Å²) in [4.78, 5) is 36.2. The summed E-state index contributed by atoms with van der Waals surface area (Å²) in [5, 5.41) is 13.3. The number of fused-ring (bicyclic) bond motifs is 1. The monoisotopic (exact) mass is 397 g/mol. The van der Waals surface area contributed by atoms with Crippen LogP contribution in [0.5, 0.6) is 17.2 Å². The summed E-state index contributed by atoms with van der Waals surface area (Å²) in [5.41, 5.74) is 1.13. The summed E-state index contributed by atoms with van der Waals surface area (Å²) >= 11 is 0. The lowest BCUT2D eigenvalue weighted by molar-refractivity contribution is -0.384. The fourth-order valence-electron chi connectivity index (χ4n) is 3.00. The second kappa shape index (κ2) is 7.15. The van der Waals surface area contributed by atoms with Crippen molar-refractivity contribution in [1.29, 1.82) is 0 Å². The van der Waals surface area contributed by atoms with E-state index >= 15 is 0 Å². The highest BCUT2D eigenvalue weighted by atomic mass is 16.7. The van der Waals surface area contributed by atoms with Gasteiger partial charge in [-0.2, -0.15) is 0 Å². The second-order valence-electron chi connectivity index (χ2n) is 6.25. The Hall–Kier alpha value is -4.08. The molecule has 29 heavy (non-hydrogen) atoms. The lowest BCUT2D eigenvalue weighted by Gasteiger charge is -2.11. The first kappa shape index (κ1) is 18.3. The summed E-state index contributed by atoms with van der Waals surface area (Å²) in [6.45, 7) is 0.0788. The molecular weight excluding hydrogens is 382 g/mol. The number of nitro benzene ring substituents is 1. The van der Waals surface area contributed by atoms with Gasteiger partial charge in [-0.05, 0) is 17.7 Å². The Morgan fingerprint density at radius 1 is 1.21 bits per heavy atom. The van der Waals surface area contributed by atoms with Crippen LogP contribution in [-0.2, 0) is 11.3 Å². The van der Waals surface area contributed by atoms with Crippen LogP contribution in [0.25, 0.3) is 6.08 Å².